The predicted octanol–water partition coefficient (Wildman–Crippen LogP) is 2.28. The SMILES string of the molecule is CCCCCCCCCCCC(=O)NC(CCC(=O)O)C(=O)O.NCCO. The number of unbranched alkanes of at least 4 members (excludes halogenated alkanes) is 8. The minimum absolute atomic E-state index is 0.0891. The summed E-state index contributed by atoms with van der Waals surface area (Å²) in [6.07, 6.45) is 10.3. The van der Waals surface area contributed by atoms with Crippen LogP contribution in [0.15, 0.2) is 0 Å². The zero-order valence-electron chi connectivity index (χ0n) is 16.6. The first kappa shape index (κ1) is 27.5. The Kier molecular flexibility index (Phi) is 21.1. The van der Waals surface area contributed by atoms with Crippen LogP contribution < -0.4 is 11.1 Å². The molecule has 0 radical (unpaired) electrons. The molecule has 0 rings (SSSR count). The normalized spacial score (nSPS) is 11.2. The summed E-state index contributed by atoms with van der Waals surface area (Å²) in [5, 5.41) is 27.7. The maximum absolute atomic E-state index is 11.7. The molecule has 8 nitrogen and oxygen atoms in total. The van der Waals surface area contributed by atoms with Gasteiger partial charge < -0.3 is 26.4 Å². The second kappa shape index (κ2) is 20.6. The van der Waals surface area contributed by atoms with Gasteiger partial charge in [0.1, 0.15) is 6.04 Å². The highest BCUT2D eigenvalue weighted by Crippen LogP contribution is 2.10. The molecule has 1 amide bonds. The Morgan fingerprint density at radius 1 is 0.889 bits per heavy atom. The van der Waals surface area contributed by atoms with Gasteiger partial charge in [0.25, 0.3) is 0 Å². The third kappa shape index (κ3) is 22.3. The van der Waals surface area contributed by atoms with Crippen molar-refractivity contribution >= 4 is 17.8 Å². The Labute approximate surface area is 162 Å². The van der Waals surface area contributed by atoms with Gasteiger partial charge in [-0.3, -0.25) is 9.59 Å². The van der Waals surface area contributed by atoms with Gasteiger partial charge in [-0.2, -0.15) is 0 Å². The molecule has 0 fully saturated rings. The van der Waals surface area contributed by atoms with Crippen LogP contribution >= 0.6 is 0 Å². The van der Waals surface area contributed by atoms with Crippen molar-refractivity contribution in [2.45, 2.75) is 90.0 Å². The molecule has 0 heterocycles. The van der Waals surface area contributed by atoms with Crippen LogP contribution in [0.1, 0.15) is 84.0 Å². The monoisotopic (exact) mass is 390 g/mol. The van der Waals surface area contributed by atoms with Gasteiger partial charge in [0, 0.05) is 19.4 Å². The first-order valence-electron chi connectivity index (χ1n) is 9.93. The van der Waals surface area contributed by atoms with Gasteiger partial charge in [-0.05, 0) is 12.8 Å². The van der Waals surface area contributed by atoms with Crippen molar-refractivity contribution in [3.63, 3.8) is 0 Å². The number of rotatable bonds is 16. The number of hydrogen-bond acceptors (Lipinski definition) is 5. The number of carboxylic acids is 2. The van der Waals surface area contributed by atoms with E-state index in [0.717, 1.165) is 19.3 Å². The summed E-state index contributed by atoms with van der Waals surface area (Å²) in [5.41, 5.74) is 4.78. The molecule has 1 unspecified atom stereocenters. The number of nitrogens with two attached hydrogens (primary N) is 1. The van der Waals surface area contributed by atoms with Crippen LogP contribution in [-0.2, 0) is 14.4 Å². The van der Waals surface area contributed by atoms with E-state index in [1.807, 2.05) is 0 Å². The lowest BCUT2D eigenvalue weighted by atomic mass is 10.1. The van der Waals surface area contributed by atoms with Crippen LogP contribution in [-0.4, -0.2) is 52.4 Å². The molecule has 0 spiro atoms. The molecule has 8 heteroatoms. The molecule has 0 aliphatic heterocycles. The number of aliphatic carboxylic acids is 2. The quantitative estimate of drug-likeness (QED) is 0.254. The number of carbonyl (C=O) groups is 3. The Morgan fingerprint density at radius 3 is 1.78 bits per heavy atom. The highest BCUT2D eigenvalue weighted by molar-refractivity contribution is 5.83. The molecule has 1 atom stereocenters. The van der Waals surface area contributed by atoms with E-state index in [4.69, 9.17) is 21.1 Å². The van der Waals surface area contributed by atoms with Gasteiger partial charge in [-0.15, -0.1) is 0 Å². The lowest BCUT2D eigenvalue weighted by Gasteiger charge is -2.13. The standard InChI is InChI=1S/C17H31NO5.C2H7NO/c1-2-3-4-5-6-7-8-9-10-11-15(19)18-14(17(22)23)12-13-16(20)21;3-1-2-4/h14H,2-13H2,1H3,(H,18,19)(H,20,21)(H,22,23);4H,1-3H2. The van der Waals surface area contributed by atoms with Gasteiger partial charge in [0.15, 0.2) is 0 Å². The average molecular weight is 391 g/mol. The highest BCUT2D eigenvalue weighted by atomic mass is 16.4. The molecular weight excluding hydrogens is 352 g/mol. The minimum Gasteiger partial charge on any atom is -0.481 e. The van der Waals surface area contributed by atoms with E-state index in [-0.39, 0.29) is 25.4 Å². The van der Waals surface area contributed by atoms with Crippen molar-refractivity contribution < 1.29 is 29.7 Å². The number of hydrogen-bond donors (Lipinski definition) is 5. The van der Waals surface area contributed by atoms with Gasteiger partial charge in [-0.1, -0.05) is 58.3 Å². The molecule has 0 aromatic rings. The highest BCUT2D eigenvalue weighted by Gasteiger charge is 2.20. The molecule has 0 aromatic heterocycles. The molecule has 6 N–H and O–H groups in total. The number of carboxylic acid groups (broad SMARTS) is 2. The zero-order valence-corrected chi connectivity index (χ0v) is 16.6. The number of aliphatic hydroxyl groups is 1. The first-order chi connectivity index (χ1) is 12.9. The number of carbonyl (C=O) groups excluding carboxylic acids is 1. The fraction of sp³-hybridized carbons (Fsp3) is 0.842. The minimum atomic E-state index is -1.19. The van der Waals surface area contributed by atoms with Crippen molar-refractivity contribution in [2.75, 3.05) is 13.2 Å². The van der Waals surface area contributed by atoms with Gasteiger partial charge >= 0.3 is 11.9 Å². The fourth-order valence-electron chi connectivity index (χ4n) is 2.39. The fourth-order valence-corrected chi connectivity index (χ4v) is 2.39. The van der Waals surface area contributed by atoms with E-state index in [0.29, 0.717) is 13.0 Å². The number of nitrogens with one attached hydrogen (secondary N) is 1. The van der Waals surface area contributed by atoms with Crippen LogP contribution in [0.25, 0.3) is 0 Å². The van der Waals surface area contributed by atoms with Crippen molar-refractivity contribution in [2.24, 2.45) is 5.73 Å². The topological polar surface area (TPSA) is 150 Å². The Morgan fingerprint density at radius 2 is 1.37 bits per heavy atom. The summed E-state index contributed by atoms with van der Waals surface area (Å²) in [7, 11) is 0. The molecule has 0 saturated heterocycles. The summed E-state index contributed by atoms with van der Waals surface area (Å²) < 4.78 is 0. The second-order valence-corrected chi connectivity index (χ2v) is 6.48. The van der Waals surface area contributed by atoms with E-state index in [1.165, 1.54) is 38.5 Å². The van der Waals surface area contributed by atoms with E-state index < -0.39 is 18.0 Å². The molecule has 27 heavy (non-hydrogen) atoms. The van der Waals surface area contributed by atoms with Gasteiger partial charge in [0.05, 0.1) is 6.61 Å². The van der Waals surface area contributed by atoms with Crippen molar-refractivity contribution in [1.82, 2.24) is 5.32 Å². The van der Waals surface area contributed by atoms with E-state index in [1.54, 1.807) is 0 Å². The Balaban J connectivity index is 0. The smallest absolute Gasteiger partial charge is 0.326 e. The lowest BCUT2D eigenvalue weighted by Crippen LogP contribution is -2.41. The third-order valence-corrected chi connectivity index (χ3v) is 3.92. The van der Waals surface area contributed by atoms with Crippen LogP contribution in [0.4, 0.5) is 0 Å². The van der Waals surface area contributed by atoms with Gasteiger partial charge in [0.2, 0.25) is 5.91 Å². The molecular formula is C19H38N2O6. The van der Waals surface area contributed by atoms with Gasteiger partial charge in [-0.25, -0.2) is 4.79 Å². The Hall–Kier alpha value is -1.67. The summed E-state index contributed by atoms with van der Waals surface area (Å²) in [6, 6.07) is -1.11. The summed E-state index contributed by atoms with van der Waals surface area (Å²) in [4.78, 5) is 33.1. The van der Waals surface area contributed by atoms with E-state index >= 15 is 0 Å². The zero-order chi connectivity index (χ0) is 20.9. The van der Waals surface area contributed by atoms with Crippen molar-refractivity contribution in [3.05, 3.63) is 0 Å². The Bertz CT molecular complexity index is 388. The van der Waals surface area contributed by atoms with Crippen molar-refractivity contribution in [3.8, 4) is 0 Å². The molecule has 0 bridgehead atoms. The molecule has 0 aliphatic rings. The summed E-state index contributed by atoms with van der Waals surface area (Å²) in [5.74, 6) is -2.57. The average Bonchev–Trinajstić information content (AvgIpc) is 2.63. The third-order valence-electron chi connectivity index (χ3n) is 3.92. The van der Waals surface area contributed by atoms with E-state index in [9.17, 15) is 14.4 Å². The van der Waals surface area contributed by atoms with Crippen LogP contribution in [0.2, 0.25) is 0 Å². The first-order valence-corrected chi connectivity index (χ1v) is 9.93. The number of amides is 1. The predicted molar refractivity (Wildman–Crippen MR) is 104 cm³/mol. The second-order valence-electron chi connectivity index (χ2n) is 6.48. The van der Waals surface area contributed by atoms with Crippen molar-refractivity contribution in [1.29, 1.82) is 0 Å². The maximum Gasteiger partial charge on any atom is 0.326 e. The van der Waals surface area contributed by atoms with E-state index in [2.05, 4.69) is 12.2 Å². The van der Waals surface area contributed by atoms with Crippen LogP contribution in [0, 0.1) is 0 Å². The molecule has 0 saturated carbocycles. The molecule has 0 aromatic carbocycles. The maximum atomic E-state index is 11.7. The summed E-state index contributed by atoms with van der Waals surface area (Å²) >= 11 is 0. The van der Waals surface area contributed by atoms with Crippen LogP contribution in [0.3, 0.4) is 0 Å². The van der Waals surface area contributed by atoms with Crippen LogP contribution in [0.5, 0.6) is 0 Å². The largest absolute Gasteiger partial charge is 0.481 e. The summed E-state index contributed by atoms with van der Waals surface area (Å²) in [6.45, 7) is 2.67. The number of aliphatic hydroxyl groups excluding tert-OH is 1. The lowest BCUT2D eigenvalue weighted by molar-refractivity contribution is -0.143. The molecule has 0 aliphatic carbocycles. The molecule has 160 valence electrons.